The van der Waals surface area contributed by atoms with E-state index in [0.29, 0.717) is 12.0 Å². The van der Waals surface area contributed by atoms with E-state index in [9.17, 15) is 4.79 Å². The molecule has 1 aliphatic carbocycles. The van der Waals surface area contributed by atoms with E-state index in [-0.39, 0.29) is 5.91 Å². The van der Waals surface area contributed by atoms with Crippen molar-refractivity contribution in [2.24, 2.45) is 5.92 Å². The van der Waals surface area contributed by atoms with Crippen molar-refractivity contribution in [1.29, 1.82) is 0 Å². The molecule has 0 spiro atoms. The summed E-state index contributed by atoms with van der Waals surface area (Å²) in [5.41, 5.74) is 0. The summed E-state index contributed by atoms with van der Waals surface area (Å²) in [5.74, 6) is 0.626. The summed E-state index contributed by atoms with van der Waals surface area (Å²) in [6.45, 7) is 2.01. The molecule has 3 heteroatoms. The molecule has 1 heterocycles. The Kier molecular flexibility index (Phi) is 4.01. The van der Waals surface area contributed by atoms with Gasteiger partial charge in [-0.15, -0.1) is 0 Å². The first-order chi connectivity index (χ1) is 7.36. The Labute approximate surface area is 92.0 Å². The van der Waals surface area contributed by atoms with Crippen LogP contribution in [-0.4, -0.2) is 25.0 Å². The molecule has 0 aromatic heterocycles. The summed E-state index contributed by atoms with van der Waals surface area (Å²) in [6.07, 6.45) is 8.47. The molecule has 3 nitrogen and oxygen atoms in total. The van der Waals surface area contributed by atoms with Gasteiger partial charge in [-0.3, -0.25) is 4.79 Å². The van der Waals surface area contributed by atoms with E-state index in [1.165, 1.54) is 25.7 Å². The second kappa shape index (κ2) is 5.50. The van der Waals surface area contributed by atoms with E-state index >= 15 is 0 Å². The minimum Gasteiger partial charge on any atom is -0.356 e. The summed E-state index contributed by atoms with van der Waals surface area (Å²) >= 11 is 0. The lowest BCUT2D eigenvalue weighted by Gasteiger charge is -2.26. The van der Waals surface area contributed by atoms with E-state index in [2.05, 4.69) is 10.6 Å². The minimum absolute atomic E-state index is 0.289. The molecule has 2 rings (SSSR count). The molecule has 1 aliphatic heterocycles. The average molecular weight is 210 g/mol. The van der Waals surface area contributed by atoms with Crippen LogP contribution in [0.1, 0.15) is 44.9 Å². The number of nitrogens with one attached hydrogen (secondary N) is 2. The van der Waals surface area contributed by atoms with Gasteiger partial charge in [0.25, 0.3) is 0 Å². The summed E-state index contributed by atoms with van der Waals surface area (Å²) in [7, 11) is 0. The molecule has 1 unspecified atom stereocenters. The van der Waals surface area contributed by atoms with Gasteiger partial charge in [-0.05, 0) is 38.6 Å². The fraction of sp³-hybridized carbons (Fsp3) is 0.917. The number of piperidine rings is 1. The van der Waals surface area contributed by atoms with Gasteiger partial charge in [-0.1, -0.05) is 12.8 Å². The normalized spacial score (nSPS) is 27.1. The van der Waals surface area contributed by atoms with Crippen LogP contribution in [0.2, 0.25) is 0 Å². The van der Waals surface area contributed by atoms with Gasteiger partial charge in [0.05, 0.1) is 0 Å². The Hall–Kier alpha value is -0.570. The van der Waals surface area contributed by atoms with Gasteiger partial charge in [-0.2, -0.15) is 0 Å². The minimum atomic E-state index is 0.289. The third kappa shape index (κ3) is 3.20. The molecule has 1 amide bonds. The molecular formula is C12H22N2O. The molecule has 0 radical (unpaired) electrons. The molecular weight excluding hydrogens is 188 g/mol. The Bertz CT molecular complexity index is 208. The lowest BCUT2D eigenvalue weighted by atomic mass is 9.85. The fourth-order valence-electron chi connectivity index (χ4n) is 2.35. The predicted molar refractivity (Wildman–Crippen MR) is 60.6 cm³/mol. The van der Waals surface area contributed by atoms with E-state index in [1.807, 2.05) is 0 Å². The number of hydrogen-bond donors (Lipinski definition) is 2. The van der Waals surface area contributed by atoms with Crippen LogP contribution < -0.4 is 10.6 Å². The summed E-state index contributed by atoms with van der Waals surface area (Å²) in [6, 6.07) is 0.639. The average Bonchev–Trinajstić information content (AvgIpc) is 2.16. The number of amides is 1. The zero-order valence-electron chi connectivity index (χ0n) is 9.43. The second-order valence-electron chi connectivity index (χ2n) is 4.85. The van der Waals surface area contributed by atoms with E-state index in [0.717, 1.165) is 32.4 Å². The second-order valence-corrected chi connectivity index (χ2v) is 4.85. The molecule has 2 N–H and O–H groups in total. The summed E-state index contributed by atoms with van der Waals surface area (Å²) in [4.78, 5) is 11.5. The van der Waals surface area contributed by atoms with Gasteiger partial charge < -0.3 is 10.6 Å². The van der Waals surface area contributed by atoms with Crippen molar-refractivity contribution in [3.05, 3.63) is 0 Å². The van der Waals surface area contributed by atoms with Crippen molar-refractivity contribution < 1.29 is 4.79 Å². The number of carbonyl (C=O) groups is 1. The third-order valence-corrected chi connectivity index (χ3v) is 3.68. The van der Waals surface area contributed by atoms with Crippen LogP contribution in [0.3, 0.4) is 0 Å². The standard InChI is InChI=1S/C12H22N2O/c15-12(10-4-3-5-10)14-9-7-11-6-1-2-8-13-11/h10-11,13H,1-9H2,(H,14,15). The van der Waals surface area contributed by atoms with Gasteiger partial charge >= 0.3 is 0 Å². The Morgan fingerprint density at radius 3 is 2.67 bits per heavy atom. The number of hydrogen-bond acceptors (Lipinski definition) is 2. The van der Waals surface area contributed by atoms with Gasteiger partial charge in [0, 0.05) is 18.5 Å². The third-order valence-electron chi connectivity index (χ3n) is 3.68. The van der Waals surface area contributed by atoms with Crippen molar-refractivity contribution in [2.75, 3.05) is 13.1 Å². The zero-order valence-corrected chi connectivity index (χ0v) is 9.43. The number of carbonyl (C=O) groups excluding carboxylic acids is 1. The monoisotopic (exact) mass is 210 g/mol. The lowest BCUT2D eigenvalue weighted by Crippen LogP contribution is -2.39. The van der Waals surface area contributed by atoms with Crippen LogP contribution in [0.15, 0.2) is 0 Å². The van der Waals surface area contributed by atoms with Gasteiger partial charge in [0.2, 0.25) is 5.91 Å². The van der Waals surface area contributed by atoms with E-state index < -0.39 is 0 Å². The van der Waals surface area contributed by atoms with Gasteiger partial charge in [0.15, 0.2) is 0 Å². The molecule has 15 heavy (non-hydrogen) atoms. The Balaban J connectivity index is 1.55. The van der Waals surface area contributed by atoms with E-state index in [1.54, 1.807) is 0 Å². The molecule has 0 bridgehead atoms. The smallest absolute Gasteiger partial charge is 0.223 e. The maximum Gasteiger partial charge on any atom is 0.223 e. The molecule has 1 atom stereocenters. The highest BCUT2D eigenvalue weighted by atomic mass is 16.1. The molecule has 1 saturated carbocycles. The van der Waals surface area contributed by atoms with Gasteiger partial charge in [-0.25, -0.2) is 0 Å². The fourth-order valence-corrected chi connectivity index (χ4v) is 2.35. The molecule has 0 aromatic rings. The molecule has 2 fully saturated rings. The van der Waals surface area contributed by atoms with E-state index in [4.69, 9.17) is 0 Å². The van der Waals surface area contributed by atoms with Crippen molar-refractivity contribution in [2.45, 2.75) is 51.0 Å². The molecule has 86 valence electrons. The first-order valence-corrected chi connectivity index (χ1v) is 6.37. The predicted octanol–water partition coefficient (Wildman–Crippen LogP) is 1.43. The summed E-state index contributed by atoms with van der Waals surface area (Å²) < 4.78 is 0. The maximum absolute atomic E-state index is 11.5. The first-order valence-electron chi connectivity index (χ1n) is 6.37. The van der Waals surface area contributed by atoms with Crippen LogP contribution in [0.25, 0.3) is 0 Å². The molecule has 1 saturated heterocycles. The highest BCUT2D eigenvalue weighted by Crippen LogP contribution is 2.26. The SMILES string of the molecule is O=C(NCCC1CCCCN1)C1CCC1. The van der Waals surface area contributed by atoms with Crippen molar-refractivity contribution >= 4 is 5.91 Å². The maximum atomic E-state index is 11.5. The van der Waals surface area contributed by atoms with Crippen molar-refractivity contribution in [1.82, 2.24) is 10.6 Å². The van der Waals surface area contributed by atoms with Crippen LogP contribution in [0.4, 0.5) is 0 Å². The van der Waals surface area contributed by atoms with Crippen LogP contribution in [-0.2, 0) is 4.79 Å². The van der Waals surface area contributed by atoms with Crippen molar-refractivity contribution in [3.63, 3.8) is 0 Å². The van der Waals surface area contributed by atoms with Crippen LogP contribution in [0.5, 0.6) is 0 Å². The van der Waals surface area contributed by atoms with Crippen LogP contribution in [0, 0.1) is 5.92 Å². The molecule has 0 aromatic carbocycles. The first kappa shape index (κ1) is 10.9. The quantitative estimate of drug-likeness (QED) is 0.737. The van der Waals surface area contributed by atoms with Gasteiger partial charge in [0.1, 0.15) is 0 Å². The topological polar surface area (TPSA) is 41.1 Å². The van der Waals surface area contributed by atoms with Crippen molar-refractivity contribution in [3.8, 4) is 0 Å². The number of rotatable bonds is 4. The Morgan fingerprint density at radius 1 is 1.20 bits per heavy atom. The van der Waals surface area contributed by atoms with Crippen LogP contribution >= 0.6 is 0 Å². The highest BCUT2D eigenvalue weighted by Gasteiger charge is 2.24. The zero-order chi connectivity index (χ0) is 10.5. The largest absolute Gasteiger partial charge is 0.356 e. The summed E-state index contributed by atoms with van der Waals surface area (Å²) in [5, 5.41) is 6.55. The lowest BCUT2D eigenvalue weighted by molar-refractivity contribution is -0.127. The molecule has 2 aliphatic rings. The Morgan fingerprint density at radius 2 is 2.07 bits per heavy atom. The highest BCUT2D eigenvalue weighted by molar-refractivity contribution is 5.79.